The molecule has 130 valence electrons. The van der Waals surface area contributed by atoms with Crippen LogP contribution < -0.4 is 14.4 Å². The molecule has 1 aliphatic rings. The number of ether oxygens (including phenoxy) is 1. The molecule has 0 radical (unpaired) electrons. The lowest BCUT2D eigenvalue weighted by molar-refractivity contribution is -0.192. The number of carbonyl (C=O) groups excluding carboxylic acids is 1. The van der Waals surface area contributed by atoms with Crippen LogP contribution in [0.15, 0.2) is 22.5 Å². The number of aryl methyl sites for hydroxylation is 1. The van der Waals surface area contributed by atoms with Gasteiger partial charge in [0.25, 0.3) is 0 Å². The highest BCUT2D eigenvalue weighted by Crippen LogP contribution is 2.42. The Hall–Kier alpha value is -2.73. The van der Waals surface area contributed by atoms with Crippen LogP contribution in [0.25, 0.3) is 0 Å². The lowest BCUT2D eigenvalue weighted by Crippen LogP contribution is -2.50. The number of fused-ring (bicyclic) bond motifs is 1. The first-order valence-corrected chi connectivity index (χ1v) is 7.94. The first kappa shape index (κ1) is 17.1. The van der Waals surface area contributed by atoms with Gasteiger partial charge in [0, 0.05) is 24.2 Å². The molecule has 2 aromatic rings. The van der Waals surface area contributed by atoms with Crippen molar-refractivity contribution in [3.8, 4) is 18.1 Å². The molecule has 0 aliphatic carbocycles. The molecular formula is C16H12F3N3O2S. The summed E-state index contributed by atoms with van der Waals surface area (Å²) in [7, 11) is 1.76. The van der Waals surface area contributed by atoms with Gasteiger partial charge in [0.15, 0.2) is 16.4 Å². The number of halogens is 3. The van der Waals surface area contributed by atoms with E-state index in [1.165, 1.54) is 17.4 Å². The van der Waals surface area contributed by atoms with Crippen LogP contribution in [0.1, 0.15) is 5.69 Å². The number of benzene rings is 1. The van der Waals surface area contributed by atoms with Gasteiger partial charge in [-0.25, -0.2) is 9.38 Å². The number of aromatic nitrogens is 1. The Morgan fingerprint density at radius 1 is 1.44 bits per heavy atom. The van der Waals surface area contributed by atoms with Crippen molar-refractivity contribution >= 4 is 28.6 Å². The summed E-state index contributed by atoms with van der Waals surface area (Å²) in [6, 6.07) is 1.95. The smallest absolute Gasteiger partial charge is 0.423 e. The van der Waals surface area contributed by atoms with Crippen molar-refractivity contribution in [2.24, 2.45) is 12.0 Å². The quantitative estimate of drug-likeness (QED) is 0.767. The van der Waals surface area contributed by atoms with E-state index in [-0.39, 0.29) is 11.4 Å². The SMILES string of the molecule is C#CCN1C(=O)C(F)(F)Oc2cc(F)c(/N=c3\scc(C)n3C)cc21. The topological polar surface area (TPSA) is 46.8 Å². The van der Waals surface area contributed by atoms with E-state index in [2.05, 4.69) is 15.6 Å². The zero-order chi connectivity index (χ0) is 18.4. The van der Waals surface area contributed by atoms with Gasteiger partial charge in [-0.1, -0.05) is 5.92 Å². The molecule has 5 nitrogen and oxygen atoms in total. The standard InChI is InChI=1S/C16H12F3N3O2S/c1-4-5-22-12-7-11(20-15-21(3)9(2)8-25-15)10(17)6-13(12)24-16(18,19)14(22)23/h1,6-8H,5H2,2-3H3/b20-15-. The molecule has 2 heterocycles. The van der Waals surface area contributed by atoms with E-state index < -0.39 is 30.1 Å². The third-order valence-corrected chi connectivity index (χ3v) is 4.70. The van der Waals surface area contributed by atoms with E-state index in [0.29, 0.717) is 9.70 Å². The fraction of sp³-hybridized carbons (Fsp3) is 0.250. The molecule has 0 bridgehead atoms. The Balaban J connectivity index is 2.18. The number of hydrogen-bond acceptors (Lipinski definition) is 4. The lowest BCUT2D eigenvalue weighted by Gasteiger charge is -2.32. The molecule has 0 fully saturated rings. The van der Waals surface area contributed by atoms with Crippen molar-refractivity contribution in [2.45, 2.75) is 13.0 Å². The number of anilines is 1. The van der Waals surface area contributed by atoms with E-state index in [1.807, 2.05) is 12.3 Å². The van der Waals surface area contributed by atoms with Crippen LogP contribution in [-0.2, 0) is 11.8 Å². The fourth-order valence-electron chi connectivity index (χ4n) is 2.26. The predicted molar refractivity (Wildman–Crippen MR) is 86.4 cm³/mol. The highest BCUT2D eigenvalue weighted by Gasteiger charge is 2.50. The Kier molecular flexibility index (Phi) is 4.08. The van der Waals surface area contributed by atoms with Crippen molar-refractivity contribution < 1.29 is 22.7 Å². The lowest BCUT2D eigenvalue weighted by atomic mass is 10.2. The maximum Gasteiger partial charge on any atom is 0.483 e. The van der Waals surface area contributed by atoms with Gasteiger partial charge in [-0.15, -0.1) is 17.8 Å². The fourth-order valence-corrected chi connectivity index (χ4v) is 3.15. The summed E-state index contributed by atoms with van der Waals surface area (Å²) >= 11 is 1.29. The minimum Gasteiger partial charge on any atom is -0.423 e. The molecule has 25 heavy (non-hydrogen) atoms. The Morgan fingerprint density at radius 3 is 2.76 bits per heavy atom. The van der Waals surface area contributed by atoms with E-state index in [0.717, 1.165) is 11.8 Å². The average molecular weight is 367 g/mol. The molecule has 0 spiro atoms. The second-order valence-electron chi connectivity index (χ2n) is 5.32. The van der Waals surface area contributed by atoms with Crippen LogP contribution in [0.4, 0.5) is 24.5 Å². The number of thiazole rings is 1. The third kappa shape index (κ3) is 2.89. The largest absolute Gasteiger partial charge is 0.483 e. The zero-order valence-electron chi connectivity index (χ0n) is 13.2. The van der Waals surface area contributed by atoms with E-state index in [1.54, 1.807) is 11.6 Å². The van der Waals surface area contributed by atoms with Gasteiger partial charge in [-0.2, -0.15) is 8.78 Å². The van der Waals surface area contributed by atoms with E-state index in [9.17, 15) is 18.0 Å². The van der Waals surface area contributed by atoms with E-state index >= 15 is 0 Å². The van der Waals surface area contributed by atoms with E-state index in [4.69, 9.17) is 6.42 Å². The van der Waals surface area contributed by atoms with Gasteiger partial charge in [0.2, 0.25) is 0 Å². The van der Waals surface area contributed by atoms with Gasteiger partial charge in [-0.05, 0) is 13.0 Å². The second kappa shape index (κ2) is 5.97. The first-order valence-electron chi connectivity index (χ1n) is 7.06. The van der Waals surface area contributed by atoms with Crippen LogP contribution in [0, 0.1) is 25.1 Å². The molecule has 1 aromatic heterocycles. The number of nitrogens with zero attached hydrogens (tertiary/aromatic N) is 3. The zero-order valence-corrected chi connectivity index (χ0v) is 14.0. The second-order valence-corrected chi connectivity index (χ2v) is 6.15. The summed E-state index contributed by atoms with van der Waals surface area (Å²) in [6.45, 7) is 1.46. The number of rotatable bonds is 2. The van der Waals surface area contributed by atoms with Crippen molar-refractivity contribution in [3.05, 3.63) is 33.8 Å². The molecule has 1 aromatic carbocycles. The predicted octanol–water partition coefficient (Wildman–Crippen LogP) is 2.72. The Labute approximate surface area is 145 Å². The molecule has 9 heteroatoms. The molecule has 3 rings (SSSR count). The summed E-state index contributed by atoms with van der Waals surface area (Å²) in [4.78, 5) is 17.2. The van der Waals surface area contributed by atoms with Gasteiger partial charge >= 0.3 is 12.0 Å². The number of amides is 1. The third-order valence-electron chi connectivity index (χ3n) is 3.67. The van der Waals surface area contributed by atoms with Crippen molar-refractivity contribution in [2.75, 3.05) is 11.4 Å². The number of terminal acetylenes is 1. The molecule has 0 N–H and O–H groups in total. The first-order chi connectivity index (χ1) is 11.7. The Bertz CT molecular complexity index is 972. The summed E-state index contributed by atoms with van der Waals surface area (Å²) < 4.78 is 47.7. The molecule has 1 amide bonds. The molecule has 0 atom stereocenters. The minimum atomic E-state index is -4.10. The van der Waals surface area contributed by atoms with Crippen LogP contribution in [0.5, 0.6) is 5.75 Å². The number of hydrogen-bond donors (Lipinski definition) is 0. The number of alkyl halides is 2. The summed E-state index contributed by atoms with van der Waals surface area (Å²) in [6.07, 6.45) is 1.05. The van der Waals surface area contributed by atoms with Crippen LogP contribution >= 0.6 is 11.3 Å². The van der Waals surface area contributed by atoms with Crippen LogP contribution in [-0.4, -0.2) is 23.1 Å². The summed E-state index contributed by atoms with van der Waals surface area (Å²) in [5, 5.41) is 1.84. The molecule has 0 unspecified atom stereocenters. The molecule has 0 saturated carbocycles. The highest BCUT2D eigenvalue weighted by atomic mass is 32.1. The van der Waals surface area contributed by atoms with Crippen molar-refractivity contribution in [1.29, 1.82) is 0 Å². The normalized spacial score (nSPS) is 16.4. The minimum absolute atomic E-state index is 0.0510. The molecule has 1 aliphatic heterocycles. The van der Waals surface area contributed by atoms with Crippen molar-refractivity contribution in [1.82, 2.24) is 4.57 Å². The molecule has 0 saturated heterocycles. The number of carbonyl (C=O) groups is 1. The Morgan fingerprint density at radius 2 is 2.16 bits per heavy atom. The van der Waals surface area contributed by atoms with Crippen molar-refractivity contribution in [3.63, 3.8) is 0 Å². The van der Waals surface area contributed by atoms with Crippen LogP contribution in [0.3, 0.4) is 0 Å². The summed E-state index contributed by atoms with van der Waals surface area (Å²) in [5.74, 6) is -0.792. The van der Waals surface area contributed by atoms with Gasteiger partial charge < -0.3 is 9.30 Å². The van der Waals surface area contributed by atoms with Gasteiger partial charge in [0.1, 0.15) is 5.69 Å². The maximum atomic E-state index is 14.3. The summed E-state index contributed by atoms with van der Waals surface area (Å²) in [5.41, 5.74) is 0.763. The van der Waals surface area contributed by atoms with Gasteiger partial charge in [-0.3, -0.25) is 9.69 Å². The van der Waals surface area contributed by atoms with Crippen LogP contribution in [0.2, 0.25) is 0 Å². The average Bonchev–Trinajstić information content (AvgIpc) is 2.85. The van der Waals surface area contributed by atoms with Gasteiger partial charge in [0.05, 0.1) is 12.2 Å². The monoisotopic (exact) mass is 367 g/mol. The molecular weight excluding hydrogens is 355 g/mol. The maximum absolute atomic E-state index is 14.3. The highest BCUT2D eigenvalue weighted by molar-refractivity contribution is 7.07.